The number of carbonyl (C=O) groups excluding carboxylic acids is 1. The summed E-state index contributed by atoms with van der Waals surface area (Å²) in [7, 11) is 1.73. The van der Waals surface area contributed by atoms with Crippen molar-refractivity contribution in [1.82, 2.24) is 10.2 Å². The monoisotopic (exact) mass is 230 g/mol. The number of urea groups is 1. The molecule has 0 aromatic rings. The predicted octanol–water partition coefficient (Wildman–Crippen LogP) is 1.54. The zero-order chi connectivity index (χ0) is 12.7. The van der Waals surface area contributed by atoms with Gasteiger partial charge in [0.1, 0.15) is 0 Å². The van der Waals surface area contributed by atoms with Crippen molar-refractivity contribution < 1.29 is 14.7 Å². The first-order valence-corrected chi connectivity index (χ1v) is 5.57. The highest BCUT2D eigenvalue weighted by molar-refractivity contribution is 5.75. The quantitative estimate of drug-likeness (QED) is 0.727. The van der Waals surface area contributed by atoms with E-state index in [1.165, 1.54) is 0 Å². The molecule has 2 amide bonds. The molecule has 0 radical (unpaired) electrons. The Balaban J connectivity index is 3.93. The van der Waals surface area contributed by atoms with Gasteiger partial charge in [0.25, 0.3) is 0 Å². The summed E-state index contributed by atoms with van der Waals surface area (Å²) in [6, 6.07) is -0.0563. The van der Waals surface area contributed by atoms with Crippen molar-refractivity contribution in [1.29, 1.82) is 0 Å². The average Bonchev–Trinajstić information content (AvgIpc) is 2.14. The lowest BCUT2D eigenvalue weighted by Crippen LogP contribution is -2.43. The number of hydrogen-bond donors (Lipinski definition) is 2. The van der Waals surface area contributed by atoms with Crippen molar-refractivity contribution in [3.05, 3.63) is 0 Å². The maximum Gasteiger partial charge on any atom is 0.317 e. The Kier molecular flexibility index (Phi) is 6.53. The number of rotatable bonds is 6. The minimum atomic E-state index is -0.904. The molecule has 5 nitrogen and oxygen atoms in total. The molecule has 1 unspecified atom stereocenters. The van der Waals surface area contributed by atoms with E-state index >= 15 is 0 Å². The molecule has 0 aliphatic carbocycles. The van der Waals surface area contributed by atoms with Crippen molar-refractivity contribution in [2.45, 2.75) is 39.7 Å². The van der Waals surface area contributed by atoms with E-state index in [1.807, 2.05) is 6.92 Å². The molecule has 0 bridgehead atoms. The van der Waals surface area contributed by atoms with Crippen LogP contribution in [-0.2, 0) is 4.79 Å². The third-order valence-corrected chi connectivity index (χ3v) is 2.41. The molecule has 0 aliphatic rings. The van der Waals surface area contributed by atoms with E-state index in [2.05, 4.69) is 19.2 Å². The third-order valence-electron chi connectivity index (χ3n) is 2.41. The number of carboxylic acid groups (broad SMARTS) is 1. The fraction of sp³-hybridized carbons (Fsp3) is 0.818. The van der Waals surface area contributed by atoms with E-state index in [4.69, 9.17) is 5.11 Å². The van der Waals surface area contributed by atoms with Crippen LogP contribution in [0.2, 0.25) is 0 Å². The summed E-state index contributed by atoms with van der Waals surface area (Å²) in [5.74, 6) is -0.373. The van der Waals surface area contributed by atoms with Crippen LogP contribution in [0.1, 0.15) is 33.6 Å². The first-order valence-electron chi connectivity index (χ1n) is 5.57. The zero-order valence-corrected chi connectivity index (χ0v) is 10.5. The van der Waals surface area contributed by atoms with Crippen LogP contribution in [0.25, 0.3) is 0 Å². The molecule has 94 valence electrons. The fourth-order valence-corrected chi connectivity index (χ4v) is 1.44. The van der Waals surface area contributed by atoms with Gasteiger partial charge in [0.2, 0.25) is 0 Å². The number of amides is 2. The van der Waals surface area contributed by atoms with Gasteiger partial charge in [-0.15, -0.1) is 0 Å². The largest absolute Gasteiger partial charge is 0.481 e. The number of aliphatic carboxylic acids is 1. The normalized spacial score (nSPS) is 12.3. The standard InChI is InChI=1S/C11H22N2O3/c1-8(2)7-9(3)13(4)11(16)12-6-5-10(14)15/h8-9H,5-7H2,1-4H3,(H,12,16)(H,14,15). The average molecular weight is 230 g/mol. The lowest BCUT2D eigenvalue weighted by molar-refractivity contribution is -0.136. The second-order valence-corrected chi connectivity index (χ2v) is 4.47. The molecule has 0 fully saturated rings. The van der Waals surface area contributed by atoms with Gasteiger partial charge < -0.3 is 15.3 Å². The molecule has 0 aliphatic heterocycles. The molecular formula is C11H22N2O3. The SMILES string of the molecule is CC(C)CC(C)N(C)C(=O)NCCC(=O)O. The lowest BCUT2D eigenvalue weighted by Gasteiger charge is -2.26. The summed E-state index contributed by atoms with van der Waals surface area (Å²) in [6.45, 7) is 6.36. The van der Waals surface area contributed by atoms with Gasteiger partial charge in [-0.25, -0.2) is 4.79 Å². The second-order valence-electron chi connectivity index (χ2n) is 4.47. The fourth-order valence-electron chi connectivity index (χ4n) is 1.44. The maximum absolute atomic E-state index is 11.6. The molecule has 0 saturated heterocycles. The summed E-state index contributed by atoms with van der Waals surface area (Å²) in [4.78, 5) is 23.4. The predicted molar refractivity (Wildman–Crippen MR) is 62.3 cm³/mol. The third kappa shape index (κ3) is 6.27. The first-order chi connectivity index (χ1) is 7.34. The van der Waals surface area contributed by atoms with Gasteiger partial charge in [-0.1, -0.05) is 13.8 Å². The van der Waals surface area contributed by atoms with Gasteiger partial charge in [0.15, 0.2) is 0 Å². The minimum Gasteiger partial charge on any atom is -0.481 e. The van der Waals surface area contributed by atoms with Crippen molar-refractivity contribution in [2.24, 2.45) is 5.92 Å². The molecule has 0 aromatic carbocycles. The Labute approximate surface area is 96.8 Å². The van der Waals surface area contributed by atoms with Gasteiger partial charge in [-0.3, -0.25) is 4.79 Å². The maximum atomic E-state index is 11.6. The molecule has 16 heavy (non-hydrogen) atoms. The minimum absolute atomic E-state index is 0.0435. The van der Waals surface area contributed by atoms with E-state index < -0.39 is 5.97 Å². The van der Waals surface area contributed by atoms with E-state index in [0.29, 0.717) is 5.92 Å². The lowest BCUT2D eigenvalue weighted by atomic mass is 10.0. The van der Waals surface area contributed by atoms with Crippen LogP contribution in [0.5, 0.6) is 0 Å². The Morgan fingerprint density at radius 2 is 1.88 bits per heavy atom. The summed E-state index contributed by atoms with van der Waals surface area (Å²) < 4.78 is 0. The van der Waals surface area contributed by atoms with Gasteiger partial charge >= 0.3 is 12.0 Å². The van der Waals surface area contributed by atoms with Crippen LogP contribution in [-0.4, -0.2) is 41.6 Å². The van der Waals surface area contributed by atoms with Crippen LogP contribution in [0.4, 0.5) is 4.79 Å². The molecule has 0 saturated carbocycles. The Bertz CT molecular complexity index is 241. The molecular weight excluding hydrogens is 208 g/mol. The van der Waals surface area contributed by atoms with E-state index in [9.17, 15) is 9.59 Å². The van der Waals surface area contributed by atoms with Crippen LogP contribution < -0.4 is 5.32 Å². The molecule has 1 atom stereocenters. The summed E-state index contributed by atoms with van der Waals surface area (Å²) >= 11 is 0. The van der Waals surface area contributed by atoms with Crippen molar-refractivity contribution >= 4 is 12.0 Å². The zero-order valence-electron chi connectivity index (χ0n) is 10.5. The summed E-state index contributed by atoms with van der Waals surface area (Å²) in [5.41, 5.74) is 0. The number of nitrogens with one attached hydrogen (secondary N) is 1. The van der Waals surface area contributed by atoms with Crippen LogP contribution in [0.3, 0.4) is 0 Å². The van der Waals surface area contributed by atoms with Crippen molar-refractivity contribution in [3.63, 3.8) is 0 Å². The Morgan fingerprint density at radius 1 is 1.31 bits per heavy atom. The van der Waals surface area contributed by atoms with Gasteiger partial charge in [0, 0.05) is 19.6 Å². The first kappa shape index (κ1) is 14.7. The van der Waals surface area contributed by atoms with Crippen LogP contribution >= 0.6 is 0 Å². The second kappa shape index (κ2) is 7.09. The molecule has 0 heterocycles. The molecule has 0 spiro atoms. The molecule has 2 N–H and O–H groups in total. The van der Waals surface area contributed by atoms with E-state index in [0.717, 1.165) is 6.42 Å². The van der Waals surface area contributed by atoms with Crippen molar-refractivity contribution in [3.8, 4) is 0 Å². The number of hydrogen-bond acceptors (Lipinski definition) is 2. The smallest absolute Gasteiger partial charge is 0.317 e. The Morgan fingerprint density at radius 3 is 2.31 bits per heavy atom. The van der Waals surface area contributed by atoms with Gasteiger partial charge in [-0.2, -0.15) is 0 Å². The number of carboxylic acids is 1. The highest BCUT2D eigenvalue weighted by Crippen LogP contribution is 2.09. The molecule has 5 heteroatoms. The highest BCUT2D eigenvalue weighted by atomic mass is 16.4. The number of nitrogens with zero attached hydrogens (tertiary/aromatic N) is 1. The molecule has 0 rings (SSSR count). The van der Waals surface area contributed by atoms with Crippen LogP contribution in [0, 0.1) is 5.92 Å². The van der Waals surface area contributed by atoms with E-state index in [-0.39, 0.29) is 25.0 Å². The van der Waals surface area contributed by atoms with E-state index in [1.54, 1.807) is 11.9 Å². The number of carbonyl (C=O) groups is 2. The van der Waals surface area contributed by atoms with Crippen molar-refractivity contribution in [2.75, 3.05) is 13.6 Å². The molecule has 0 aromatic heterocycles. The van der Waals surface area contributed by atoms with Gasteiger partial charge in [0.05, 0.1) is 6.42 Å². The summed E-state index contributed by atoms with van der Waals surface area (Å²) in [6.07, 6.45) is 0.890. The topological polar surface area (TPSA) is 69.6 Å². The van der Waals surface area contributed by atoms with Gasteiger partial charge in [-0.05, 0) is 19.3 Å². The Hall–Kier alpha value is -1.26. The highest BCUT2D eigenvalue weighted by Gasteiger charge is 2.16. The summed E-state index contributed by atoms with van der Waals surface area (Å²) in [5, 5.41) is 11.0. The van der Waals surface area contributed by atoms with Crippen LogP contribution in [0.15, 0.2) is 0 Å².